The Balaban J connectivity index is 2.34. The molecule has 5 heteroatoms. The molecule has 0 saturated carbocycles. The van der Waals surface area contributed by atoms with Gasteiger partial charge < -0.3 is 10.5 Å². The molecule has 0 fully saturated rings. The van der Waals surface area contributed by atoms with Crippen molar-refractivity contribution >= 4 is 28.9 Å². The van der Waals surface area contributed by atoms with Crippen LogP contribution in [-0.2, 0) is 0 Å². The largest absolute Gasteiger partial charge is 0.455 e. The molecule has 18 heavy (non-hydrogen) atoms. The molecule has 0 radical (unpaired) electrons. The van der Waals surface area contributed by atoms with Crippen molar-refractivity contribution in [3.63, 3.8) is 0 Å². The van der Waals surface area contributed by atoms with Gasteiger partial charge in [0, 0.05) is 12.1 Å². The molecule has 2 aromatic rings. The van der Waals surface area contributed by atoms with Gasteiger partial charge in [0.1, 0.15) is 11.6 Å². The monoisotopic (exact) mass is 285 g/mol. The maximum Gasteiger partial charge on any atom is 0.151 e. The van der Waals surface area contributed by atoms with Crippen molar-refractivity contribution in [1.82, 2.24) is 0 Å². The summed E-state index contributed by atoms with van der Waals surface area (Å²) in [5.41, 5.74) is 6.63. The van der Waals surface area contributed by atoms with Crippen LogP contribution < -0.4 is 10.5 Å². The third-order valence-electron chi connectivity index (χ3n) is 2.42. The summed E-state index contributed by atoms with van der Waals surface area (Å²) >= 11 is 11.7. The molecule has 0 aromatic heterocycles. The Morgan fingerprint density at radius 1 is 1.11 bits per heavy atom. The molecule has 94 valence electrons. The second-order valence-electron chi connectivity index (χ2n) is 3.82. The van der Waals surface area contributed by atoms with Crippen molar-refractivity contribution in [3.8, 4) is 11.5 Å². The number of aryl methyl sites for hydroxylation is 1. The molecule has 0 aliphatic heterocycles. The first-order valence-corrected chi connectivity index (χ1v) is 5.91. The molecule has 0 aliphatic rings. The molecular weight excluding hydrogens is 276 g/mol. The molecule has 0 unspecified atom stereocenters. The molecule has 2 rings (SSSR count). The van der Waals surface area contributed by atoms with Crippen LogP contribution in [0, 0.1) is 12.7 Å². The summed E-state index contributed by atoms with van der Waals surface area (Å²) in [4.78, 5) is 0. The fourth-order valence-electron chi connectivity index (χ4n) is 1.40. The summed E-state index contributed by atoms with van der Waals surface area (Å²) < 4.78 is 18.8. The van der Waals surface area contributed by atoms with Crippen molar-refractivity contribution in [2.24, 2.45) is 0 Å². The Morgan fingerprint density at radius 3 is 2.44 bits per heavy atom. The second-order valence-corrected chi connectivity index (χ2v) is 4.63. The number of nitrogen functional groups attached to an aromatic ring is 1. The molecular formula is C13H10Cl2FNO. The highest BCUT2D eigenvalue weighted by atomic mass is 35.5. The van der Waals surface area contributed by atoms with Crippen molar-refractivity contribution in [2.45, 2.75) is 6.92 Å². The molecule has 2 aromatic carbocycles. The van der Waals surface area contributed by atoms with Crippen LogP contribution in [0.2, 0.25) is 10.0 Å². The molecule has 2 nitrogen and oxygen atoms in total. The summed E-state index contributed by atoms with van der Waals surface area (Å²) in [6.45, 7) is 1.67. The van der Waals surface area contributed by atoms with Gasteiger partial charge in [-0.25, -0.2) is 4.39 Å². The van der Waals surface area contributed by atoms with Gasteiger partial charge in [-0.2, -0.15) is 0 Å². The standard InChI is InChI=1S/C13H10Cl2FNO/c1-7-2-3-8(4-11(7)16)18-13-6-10(15)9(14)5-12(13)17/h2-6H,17H2,1H3. The maximum atomic E-state index is 13.4. The SMILES string of the molecule is Cc1ccc(Oc2cc(Cl)c(Cl)cc2N)cc1F. The average Bonchev–Trinajstić information content (AvgIpc) is 2.31. The van der Waals surface area contributed by atoms with E-state index in [1.54, 1.807) is 19.1 Å². The molecule has 0 heterocycles. The van der Waals surface area contributed by atoms with E-state index >= 15 is 0 Å². The van der Waals surface area contributed by atoms with Crippen LogP contribution in [0.5, 0.6) is 11.5 Å². The van der Waals surface area contributed by atoms with E-state index in [0.717, 1.165) is 0 Å². The van der Waals surface area contributed by atoms with Gasteiger partial charge in [0.2, 0.25) is 0 Å². The topological polar surface area (TPSA) is 35.2 Å². The normalized spacial score (nSPS) is 10.4. The molecule has 0 amide bonds. The lowest BCUT2D eigenvalue weighted by Gasteiger charge is -2.10. The lowest BCUT2D eigenvalue weighted by Crippen LogP contribution is -1.93. The van der Waals surface area contributed by atoms with Crippen LogP contribution in [0.3, 0.4) is 0 Å². The maximum absolute atomic E-state index is 13.4. The highest BCUT2D eigenvalue weighted by Crippen LogP contribution is 2.35. The predicted octanol–water partition coefficient (Wildman–Crippen LogP) is 4.82. The van der Waals surface area contributed by atoms with E-state index in [1.165, 1.54) is 18.2 Å². The first-order valence-electron chi connectivity index (χ1n) is 5.16. The number of ether oxygens (including phenoxy) is 1. The number of anilines is 1. The zero-order valence-electron chi connectivity index (χ0n) is 9.51. The predicted molar refractivity (Wildman–Crippen MR) is 72.1 cm³/mol. The van der Waals surface area contributed by atoms with Gasteiger partial charge in [-0.05, 0) is 24.6 Å². The smallest absolute Gasteiger partial charge is 0.151 e. The van der Waals surface area contributed by atoms with Crippen molar-refractivity contribution in [3.05, 3.63) is 51.8 Å². The Hall–Kier alpha value is -1.45. The van der Waals surface area contributed by atoms with Crippen molar-refractivity contribution in [1.29, 1.82) is 0 Å². The van der Waals surface area contributed by atoms with Gasteiger partial charge in [0.05, 0.1) is 15.7 Å². The fourth-order valence-corrected chi connectivity index (χ4v) is 1.72. The Morgan fingerprint density at radius 2 is 1.78 bits per heavy atom. The van der Waals surface area contributed by atoms with Gasteiger partial charge in [-0.15, -0.1) is 0 Å². The molecule has 2 N–H and O–H groups in total. The molecule has 0 aliphatic carbocycles. The summed E-state index contributed by atoms with van der Waals surface area (Å²) in [5, 5.41) is 0.671. The van der Waals surface area contributed by atoms with E-state index in [4.69, 9.17) is 33.7 Å². The van der Waals surface area contributed by atoms with E-state index < -0.39 is 0 Å². The summed E-state index contributed by atoms with van der Waals surface area (Å²) in [5.74, 6) is 0.349. The van der Waals surface area contributed by atoms with Crippen LogP contribution in [-0.4, -0.2) is 0 Å². The quantitative estimate of drug-likeness (QED) is 0.803. The van der Waals surface area contributed by atoms with E-state index in [1.807, 2.05) is 0 Å². The molecule has 0 bridgehead atoms. The summed E-state index contributed by atoms with van der Waals surface area (Å²) in [6, 6.07) is 7.55. The lowest BCUT2D eigenvalue weighted by molar-refractivity contribution is 0.478. The van der Waals surface area contributed by atoms with Crippen LogP contribution in [0.15, 0.2) is 30.3 Å². The van der Waals surface area contributed by atoms with Gasteiger partial charge in [0.15, 0.2) is 5.75 Å². The number of hydrogen-bond acceptors (Lipinski definition) is 2. The fraction of sp³-hybridized carbons (Fsp3) is 0.0769. The summed E-state index contributed by atoms with van der Waals surface area (Å²) in [7, 11) is 0. The minimum absolute atomic E-state index is 0.327. The lowest BCUT2D eigenvalue weighted by atomic mass is 10.2. The number of benzene rings is 2. The Bertz CT molecular complexity index is 602. The highest BCUT2D eigenvalue weighted by molar-refractivity contribution is 6.42. The number of halogens is 3. The van der Waals surface area contributed by atoms with E-state index in [0.29, 0.717) is 32.8 Å². The number of hydrogen-bond donors (Lipinski definition) is 1. The minimum Gasteiger partial charge on any atom is -0.455 e. The van der Waals surface area contributed by atoms with Gasteiger partial charge in [-0.3, -0.25) is 0 Å². The van der Waals surface area contributed by atoms with Gasteiger partial charge in [0.25, 0.3) is 0 Å². The zero-order chi connectivity index (χ0) is 13.3. The van der Waals surface area contributed by atoms with E-state index in [9.17, 15) is 4.39 Å². The number of rotatable bonds is 2. The zero-order valence-corrected chi connectivity index (χ0v) is 11.0. The van der Waals surface area contributed by atoms with Crippen LogP contribution in [0.1, 0.15) is 5.56 Å². The average molecular weight is 286 g/mol. The van der Waals surface area contributed by atoms with Crippen LogP contribution in [0.4, 0.5) is 10.1 Å². The van der Waals surface area contributed by atoms with Crippen LogP contribution >= 0.6 is 23.2 Å². The first kappa shape index (κ1) is 13.0. The molecule has 0 spiro atoms. The molecule has 0 atom stereocenters. The third-order valence-corrected chi connectivity index (χ3v) is 3.15. The highest BCUT2D eigenvalue weighted by Gasteiger charge is 2.08. The Kier molecular flexibility index (Phi) is 3.64. The Labute approximate surface area is 114 Å². The van der Waals surface area contributed by atoms with Crippen molar-refractivity contribution in [2.75, 3.05) is 5.73 Å². The first-order chi connectivity index (χ1) is 8.47. The third kappa shape index (κ3) is 2.68. The molecule has 0 saturated heterocycles. The summed E-state index contributed by atoms with van der Waals surface area (Å²) in [6.07, 6.45) is 0. The number of nitrogens with two attached hydrogens (primary N) is 1. The van der Waals surface area contributed by atoms with E-state index in [2.05, 4.69) is 0 Å². The minimum atomic E-state index is -0.342. The van der Waals surface area contributed by atoms with Gasteiger partial charge >= 0.3 is 0 Å². The second kappa shape index (κ2) is 5.04. The van der Waals surface area contributed by atoms with E-state index in [-0.39, 0.29) is 5.82 Å². The van der Waals surface area contributed by atoms with Crippen molar-refractivity contribution < 1.29 is 9.13 Å². The van der Waals surface area contributed by atoms with Crippen LogP contribution in [0.25, 0.3) is 0 Å². The van der Waals surface area contributed by atoms with Gasteiger partial charge in [-0.1, -0.05) is 29.3 Å².